The third-order valence-electron chi connectivity index (χ3n) is 11.4. The monoisotopic (exact) mass is 727 g/mol. The Labute approximate surface area is 299 Å². The van der Waals surface area contributed by atoms with Crippen molar-refractivity contribution in [3.63, 3.8) is 0 Å². The highest BCUT2D eigenvalue weighted by atomic mass is 35.5. The Morgan fingerprint density at radius 1 is 1.02 bits per heavy atom. The average Bonchev–Trinajstić information content (AvgIpc) is 3.84. The molecular weight excluding hydrogens is 674 g/mol. The van der Waals surface area contributed by atoms with E-state index in [9.17, 15) is 13.2 Å². The van der Waals surface area contributed by atoms with Gasteiger partial charge < -0.3 is 14.1 Å². The number of halogens is 1. The van der Waals surface area contributed by atoms with E-state index in [0.717, 1.165) is 74.3 Å². The first kappa shape index (κ1) is 36.4. The second-order valence-electron chi connectivity index (χ2n) is 16.1. The summed E-state index contributed by atoms with van der Waals surface area (Å²) in [5, 5.41) is 0.788. The van der Waals surface area contributed by atoms with Gasteiger partial charge in [0, 0.05) is 36.8 Å². The van der Waals surface area contributed by atoms with E-state index in [2.05, 4.69) is 55.6 Å². The summed E-state index contributed by atoms with van der Waals surface area (Å²) in [7, 11) is -6.15. The first-order valence-corrected chi connectivity index (χ1v) is 22.9. The van der Waals surface area contributed by atoms with Crippen LogP contribution in [0.25, 0.3) is 0 Å². The SMILES string of the molecule is CC(C)(C)[Si](C)(C)OC1/C=C/CCN(CC2CC2)S(=O)(=O)NC(=O)c2ccc3c(c2)N(CCCCc2cc(Cl)ccc2CO3)C[C@@H]2CC[C@@H]12. The summed E-state index contributed by atoms with van der Waals surface area (Å²) in [6, 6.07) is 11.3. The van der Waals surface area contributed by atoms with Gasteiger partial charge in [-0.2, -0.15) is 12.7 Å². The Kier molecular flexibility index (Phi) is 10.9. The number of carbonyl (C=O) groups is 1. The summed E-state index contributed by atoms with van der Waals surface area (Å²) < 4.78 is 44.9. The molecule has 3 atom stereocenters. The zero-order valence-corrected chi connectivity index (χ0v) is 32.4. The molecule has 2 aromatic rings. The number of fused-ring (bicyclic) bond motifs is 3. The molecule has 11 heteroatoms. The van der Waals surface area contributed by atoms with Crippen molar-refractivity contribution in [3.8, 4) is 5.75 Å². The highest BCUT2D eigenvalue weighted by molar-refractivity contribution is 7.87. The third kappa shape index (κ3) is 8.75. The molecule has 1 unspecified atom stereocenters. The lowest BCUT2D eigenvalue weighted by molar-refractivity contribution is 0.0530. The maximum Gasteiger partial charge on any atom is 0.304 e. The molecule has 2 aliphatic carbocycles. The fourth-order valence-corrected chi connectivity index (χ4v) is 9.71. The number of rotatable bonds is 4. The summed E-state index contributed by atoms with van der Waals surface area (Å²) in [5.74, 6) is 1.16. The van der Waals surface area contributed by atoms with Crippen LogP contribution in [0, 0.1) is 17.8 Å². The van der Waals surface area contributed by atoms with Gasteiger partial charge in [-0.05, 0) is 129 Å². The highest BCUT2D eigenvalue weighted by Gasteiger charge is 2.44. The van der Waals surface area contributed by atoms with Crippen LogP contribution >= 0.6 is 11.6 Å². The summed E-state index contributed by atoms with van der Waals surface area (Å²) in [6.45, 7) is 14.2. The molecule has 2 fully saturated rings. The Morgan fingerprint density at radius 3 is 2.53 bits per heavy atom. The molecule has 0 spiro atoms. The minimum Gasteiger partial charge on any atom is -0.487 e. The number of hydrogen-bond donors (Lipinski definition) is 1. The molecule has 6 rings (SSSR count). The molecule has 0 radical (unpaired) electrons. The molecule has 2 bridgehead atoms. The molecule has 0 aromatic heterocycles. The minimum absolute atomic E-state index is 0.0361. The van der Waals surface area contributed by atoms with Crippen molar-refractivity contribution in [2.75, 3.05) is 31.1 Å². The average molecular weight is 728 g/mol. The molecule has 2 saturated carbocycles. The summed E-state index contributed by atoms with van der Waals surface area (Å²) >= 11 is 6.39. The van der Waals surface area contributed by atoms with Crippen molar-refractivity contribution in [1.29, 1.82) is 0 Å². The van der Waals surface area contributed by atoms with E-state index in [1.54, 1.807) is 6.07 Å². The Hall–Kier alpha value is -2.37. The molecule has 49 heavy (non-hydrogen) atoms. The number of nitrogens with zero attached hydrogens (tertiary/aromatic N) is 2. The smallest absolute Gasteiger partial charge is 0.304 e. The maximum atomic E-state index is 13.7. The van der Waals surface area contributed by atoms with Gasteiger partial charge in [0.2, 0.25) is 0 Å². The first-order chi connectivity index (χ1) is 23.2. The van der Waals surface area contributed by atoms with Gasteiger partial charge in [0.05, 0.1) is 11.8 Å². The van der Waals surface area contributed by atoms with Crippen LogP contribution < -0.4 is 14.4 Å². The molecule has 1 amide bonds. The van der Waals surface area contributed by atoms with Crippen molar-refractivity contribution in [2.24, 2.45) is 17.8 Å². The molecule has 268 valence electrons. The van der Waals surface area contributed by atoms with Gasteiger partial charge in [-0.1, -0.05) is 50.6 Å². The lowest BCUT2D eigenvalue weighted by Crippen LogP contribution is -2.50. The van der Waals surface area contributed by atoms with Gasteiger partial charge in [0.15, 0.2) is 8.32 Å². The number of aryl methyl sites for hydroxylation is 1. The van der Waals surface area contributed by atoms with Crippen LogP contribution in [-0.2, 0) is 27.7 Å². The number of ether oxygens (including phenoxy) is 1. The number of anilines is 1. The Balaban J connectivity index is 1.38. The van der Waals surface area contributed by atoms with Crippen molar-refractivity contribution in [2.45, 2.75) is 103 Å². The molecule has 2 heterocycles. The number of hydrogen-bond acceptors (Lipinski definition) is 6. The molecule has 4 aliphatic rings. The van der Waals surface area contributed by atoms with Crippen molar-refractivity contribution in [1.82, 2.24) is 9.03 Å². The van der Waals surface area contributed by atoms with Crippen LogP contribution in [0.3, 0.4) is 0 Å². The molecule has 0 saturated heterocycles. The number of benzene rings is 2. The highest BCUT2D eigenvalue weighted by Crippen LogP contribution is 2.45. The van der Waals surface area contributed by atoms with E-state index in [1.165, 1.54) is 9.87 Å². The Bertz CT molecular complexity index is 1650. The van der Waals surface area contributed by atoms with Gasteiger partial charge in [-0.25, -0.2) is 4.72 Å². The van der Waals surface area contributed by atoms with Crippen molar-refractivity contribution >= 4 is 41.7 Å². The van der Waals surface area contributed by atoms with Gasteiger partial charge >= 0.3 is 10.2 Å². The van der Waals surface area contributed by atoms with Gasteiger partial charge in [0.25, 0.3) is 5.91 Å². The third-order valence-corrected chi connectivity index (χ3v) is 17.6. The normalized spacial score (nSPS) is 26.2. The predicted molar refractivity (Wildman–Crippen MR) is 200 cm³/mol. The molecule has 2 aliphatic heterocycles. The fraction of sp³-hybridized carbons (Fsp3) is 0.605. The van der Waals surface area contributed by atoms with E-state index in [0.29, 0.717) is 55.2 Å². The summed E-state index contributed by atoms with van der Waals surface area (Å²) in [5.41, 5.74) is 3.42. The van der Waals surface area contributed by atoms with Crippen LogP contribution in [0.2, 0.25) is 23.2 Å². The van der Waals surface area contributed by atoms with Crippen LogP contribution in [0.15, 0.2) is 48.6 Å². The molecule has 8 nitrogen and oxygen atoms in total. The lowest BCUT2D eigenvalue weighted by atomic mass is 9.70. The van der Waals surface area contributed by atoms with E-state index in [1.807, 2.05) is 30.3 Å². The van der Waals surface area contributed by atoms with Crippen LogP contribution in [0.4, 0.5) is 5.69 Å². The van der Waals surface area contributed by atoms with Crippen LogP contribution in [0.1, 0.15) is 87.2 Å². The quantitative estimate of drug-likeness (QED) is 0.253. The Morgan fingerprint density at radius 2 is 1.82 bits per heavy atom. The zero-order chi connectivity index (χ0) is 35.0. The van der Waals surface area contributed by atoms with Crippen LogP contribution in [-0.4, -0.2) is 59.2 Å². The topological polar surface area (TPSA) is 88.2 Å². The van der Waals surface area contributed by atoms with Crippen molar-refractivity contribution < 1.29 is 22.4 Å². The van der Waals surface area contributed by atoms with E-state index < -0.39 is 24.4 Å². The van der Waals surface area contributed by atoms with E-state index in [4.69, 9.17) is 20.8 Å². The second kappa shape index (κ2) is 14.7. The molecule has 1 N–H and O–H groups in total. The van der Waals surface area contributed by atoms with E-state index >= 15 is 0 Å². The fourth-order valence-electron chi connectivity index (χ4n) is 6.99. The summed E-state index contributed by atoms with van der Waals surface area (Å²) in [4.78, 5) is 16.0. The van der Waals surface area contributed by atoms with Gasteiger partial charge in [-0.3, -0.25) is 4.79 Å². The first-order valence-electron chi connectivity index (χ1n) is 18.2. The van der Waals surface area contributed by atoms with Crippen LogP contribution in [0.5, 0.6) is 5.75 Å². The number of amides is 1. The number of nitrogens with one attached hydrogen (secondary N) is 1. The van der Waals surface area contributed by atoms with E-state index in [-0.39, 0.29) is 11.1 Å². The van der Waals surface area contributed by atoms with Gasteiger partial charge in [-0.15, -0.1) is 0 Å². The van der Waals surface area contributed by atoms with Crippen molar-refractivity contribution in [3.05, 3.63) is 70.3 Å². The summed E-state index contributed by atoms with van der Waals surface area (Å²) in [6.07, 6.45) is 11.9. The molecule has 2 aromatic carbocycles. The molecular formula is C38H54ClN3O5SSi. The largest absolute Gasteiger partial charge is 0.487 e. The van der Waals surface area contributed by atoms with Gasteiger partial charge in [0.1, 0.15) is 12.4 Å². The second-order valence-corrected chi connectivity index (χ2v) is 22.9. The predicted octanol–water partition coefficient (Wildman–Crippen LogP) is 8.12. The lowest BCUT2D eigenvalue weighted by Gasteiger charge is -2.47. The zero-order valence-electron chi connectivity index (χ0n) is 29.8. The number of carbonyl (C=O) groups excluding carboxylic acids is 1. The standard InChI is InChI=1S/C38H54ClN3O5SSi/c1-38(2,3)49(4,5)47-35-11-7-9-21-42(24-27-12-13-27)48(44,45)40-37(43)29-16-19-36-34(23-29)41(25-30-15-18-33(30)35)20-8-6-10-28-22-32(39)17-14-31(28)26-46-36/h7,11,14,16-17,19,22-23,27,30,33,35H,6,8-10,12-13,15,18,20-21,24-26H2,1-5H3,(H,40,43)/b11-7+/t30-,33+,35?/m0/s1. The minimum atomic E-state index is -4.05. The maximum absolute atomic E-state index is 13.7.